The number of carboxylic acid groups (broad SMARTS) is 1. The SMILES string of the molecule is CCCC(CNC(=O)C1(CC(C)C)CCC1)C(=O)O. The van der Waals surface area contributed by atoms with Crippen molar-refractivity contribution >= 4 is 11.9 Å². The highest BCUT2D eigenvalue weighted by molar-refractivity contribution is 5.84. The average molecular weight is 269 g/mol. The third-order valence-electron chi connectivity index (χ3n) is 4.09. The number of carbonyl (C=O) groups excluding carboxylic acids is 1. The van der Waals surface area contributed by atoms with Gasteiger partial charge in [-0.05, 0) is 31.6 Å². The topological polar surface area (TPSA) is 66.4 Å². The molecule has 1 amide bonds. The van der Waals surface area contributed by atoms with Gasteiger partial charge in [-0.25, -0.2) is 0 Å². The fraction of sp³-hybridized carbons (Fsp3) is 0.867. The normalized spacial score (nSPS) is 18.7. The number of hydrogen-bond donors (Lipinski definition) is 2. The van der Waals surface area contributed by atoms with Gasteiger partial charge in [-0.2, -0.15) is 0 Å². The van der Waals surface area contributed by atoms with Gasteiger partial charge >= 0.3 is 5.97 Å². The van der Waals surface area contributed by atoms with Crippen LogP contribution in [-0.4, -0.2) is 23.5 Å². The number of nitrogens with one attached hydrogen (secondary N) is 1. The van der Waals surface area contributed by atoms with Crippen molar-refractivity contribution in [3.8, 4) is 0 Å². The zero-order valence-corrected chi connectivity index (χ0v) is 12.4. The molecule has 19 heavy (non-hydrogen) atoms. The highest BCUT2D eigenvalue weighted by Crippen LogP contribution is 2.46. The lowest BCUT2D eigenvalue weighted by molar-refractivity contribution is -0.143. The van der Waals surface area contributed by atoms with Gasteiger partial charge in [0.05, 0.1) is 5.92 Å². The first-order valence-electron chi connectivity index (χ1n) is 7.42. The van der Waals surface area contributed by atoms with Crippen LogP contribution in [0.4, 0.5) is 0 Å². The predicted molar refractivity (Wildman–Crippen MR) is 74.8 cm³/mol. The molecule has 1 saturated carbocycles. The summed E-state index contributed by atoms with van der Waals surface area (Å²) < 4.78 is 0. The van der Waals surface area contributed by atoms with Gasteiger partial charge in [-0.3, -0.25) is 9.59 Å². The van der Waals surface area contributed by atoms with Gasteiger partial charge in [0.1, 0.15) is 0 Å². The van der Waals surface area contributed by atoms with Crippen molar-refractivity contribution in [1.82, 2.24) is 5.32 Å². The van der Waals surface area contributed by atoms with Crippen LogP contribution in [0.1, 0.15) is 59.3 Å². The average Bonchev–Trinajstić information content (AvgIpc) is 2.28. The zero-order chi connectivity index (χ0) is 14.5. The Bertz CT molecular complexity index is 321. The molecule has 110 valence electrons. The molecule has 0 radical (unpaired) electrons. The highest BCUT2D eigenvalue weighted by Gasteiger charge is 2.44. The number of amides is 1. The van der Waals surface area contributed by atoms with Crippen LogP contribution in [0.15, 0.2) is 0 Å². The molecule has 0 aromatic heterocycles. The van der Waals surface area contributed by atoms with Gasteiger partial charge in [0.25, 0.3) is 0 Å². The molecule has 1 aliphatic rings. The summed E-state index contributed by atoms with van der Waals surface area (Å²) in [5.41, 5.74) is -0.219. The molecule has 0 aromatic rings. The zero-order valence-electron chi connectivity index (χ0n) is 12.4. The summed E-state index contributed by atoms with van der Waals surface area (Å²) in [6, 6.07) is 0. The second kappa shape index (κ2) is 6.92. The molecule has 0 heterocycles. The summed E-state index contributed by atoms with van der Waals surface area (Å²) >= 11 is 0. The second-order valence-electron chi connectivity index (χ2n) is 6.27. The van der Waals surface area contributed by atoms with E-state index in [4.69, 9.17) is 5.11 Å². The minimum atomic E-state index is -0.811. The fourth-order valence-electron chi connectivity index (χ4n) is 2.97. The number of carbonyl (C=O) groups is 2. The van der Waals surface area contributed by atoms with E-state index in [0.717, 1.165) is 32.1 Å². The lowest BCUT2D eigenvalue weighted by Gasteiger charge is -2.41. The Labute approximate surface area is 116 Å². The molecule has 4 heteroatoms. The fourth-order valence-corrected chi connectivity index (χ4v) is 2.97. The van der Waals surface area contributed by atoms with E-state index in [1.165, 1.54) is 0 Å². The standard InChI is InChI=1S/C15H27NO3/c1-4-6-12(13(17)18)10-16-14(19)15(7-5-8-15)9-11(2)3/h11-12H,4-10H2,1-3H3,(H,16,19)(H,17,18). The van der Waals surface area contributed by atoms with E-state index in [1.54, 1.807) is 0 Å². The first-order chi connectivity index (χ1) is 8.91. The van der Waals surface area contributed by atoms with Crippen molar-refractivity contribution < 1.29 is 14.7 Å². The summed E-state index contributed by atoms with van der Waals surface area (Å²) in [4.78, 5) is 23.4. The van der Waals surface area contributed by atoms with Gasteiger partial charge in [0.15, 0.2) is 0 Å². The molecule has 2 N–H and O–H groups in total. The Morgan fingerprint density at radius 3 is 2.32 bits per heavy atom. The van der Waals surface area contributed by atoms with Crippen molar-refractivity contribution in [3.05, 3.63) is 0 Å². The molecular weight excluding hydrogens is 242 g/mol. The first-order valence-corrected chi connectivity index (χ1v) is 7.42. The third-order valence-corrected chi connectivity index (χ3v) is 4.09. The Kier molecular flexibility index (Phi) is 5.83. The van der Waals surface area contributed by atoms with E-state index in [9.17, 15) is 9.59 Å². The molecule has 1 atom stereocenters. The van der Waals surface area contributed by atoms with Crippen molar-refractivity contribution in [2.45, 2.75) is 59.3 Å². The predicted octanol–water partition coefficient (Wildman–Crippen LogP) is 2.82. The van der Waals surface area contributed by atoms with Crippen LogP contribution in [0.25, 0.3) is 0 Å². The van der Waals surface area contributed by atoms with Crippen molar-refractivity contribution in [2.24, 2.45) is 17.3 Å². The maximum absolute atomic E-state index is 12.3. The molecular formula is C15H27NO3. The van der Waals surface area contributed by atoms with E-state index in [0.29, 0.717) is 12.3 Å². The highest BCUT2D eigenvalue weighted by atomic mass is 16.4. The lowest BCUT2D eigenvalue weighted by atomic mass is 9.64. The molecule has 4 nitrogen and oxygen atoms in total. The summed E-state index contributed by atoms with van der Waals surface area (Å²) in [6.07, 6.45) is 5.35. The Morgan fingerprint density at radius 2 is 1.95 bits per heavy atom. The minimum Gasteiger partial charge on any atom is -0.481 e. The van der Waals surface area contributed by atoms with E-state index in [-0.39, 0.29) is 17.9 Å². The number of aliphatic carboxylic acids is 1. The van der Waals surface area contributed by atoms with Crippen LogP contribution < -0.4 is 5.32 Å². The summed E-state index contributed by atoms with van der Waals surface area (Å²) in [5, 5.41) is 12.0. The second-order valence-corrected chi connectivity index (χ2v) is 6.27. The Balaban J connectivity index is 2.51. The van der Waals surface area contributed by atoms with Crippen molar-refractivity contribution in [2.75, 3.05) is 6.54 Å². The van der Waals surface area contributed by atoms with Crippen LogP contribution in [0.2, 0.25) is 0 Å². The van der Waals surface area contributed by atoms with Crippen LogP contribution in [0, 0.1) is 17.3 Å². The van der Waals surface area contributed by atoms with Gasteiger partial charge in [0.2, 0.25) is 5.91 Å². The third kappa shape index (κ3) is 4.22. The smallest absolute Gasteiger partial charge is 0.308 e. The summed E-state index contributed by atoms with van der Waals surface area (Å²) in [7, 11) is 0. The van der Waals surface area contributed by atoms with E-state index < -0.39 is 11.9 Å². The summed E-state index contributed by atoms with van der Waals surface area (Å²) in [6.45, 7) is 6.49. The summed E-state index contributed by atoms with van der Waals surface area (Å²) in [5.74, 6) is -0.703. The molecule has 1 unspecified atom stereocenters. The van der Waals surface area contributed by atoms with E-state index >= 15 is 0 Å². The van der Waals surface area contributed by atoms with Gasteiger partial charge in [-0.15, -0.1) is 0 Å². The Hall–Kier alpha value is -1.06. The Morgan fingerprint density at radius 1 is 1.32 bits per heavy atom. The van der Waals surface area contributed by atoms with Gasteiger partial charge < -0.3 is 10.4 Å². The van der Waals surface area contributed by atoms with E-state index in [2.05, 4.69) is 19.2 Å². The van der Waals surface area contributed by atoms with Crippen LogP contribution in [0.5, 0.6) is 0 Å². The number of rotatable bonds is 8. The molecule has 0 saturated heterocycles. The molecule has 0 aliphatic heterocycles. The minimum absolute atomic E-state index is 0.0646. The van der Waals surface area contributed by atoms with Crippen LogP contribution in [-0.2, 0) is 9.59 Å². The monoisotopic (exact) mass is 269 g/mol. The number of carboxylic acids is 1. The molecule has 0 aromatic carbocycles. The molecule has 0 bridgehead atoms. The van der Waals surface area contributed by atoms with Crippen molar-refractivity contribution in [1.29, 1.82) is 0 Å². The first kappa shape index (κ1) is 16.0. The molecule has 0 spiro atoms. The molecule has 1 aliphatic carbocycles. The maximum Gasteiger partial charge on any atom is 0.308 e. The molecule has 1 rings (SSSR count). The van der Waals surface area contributed by atoms with E-state index in [1.807, 2.05) is 6.92 Å². The quantitative estimate of drug-likeness (QED) is 0.712. The van der Waals surface area contributed by atoms with Crippen molar-refractivity contribution in [3.63, 3.8) is 0 Å². The largest absolute Gasteiger partial charge is 0.481 e. The van der Waals surface area contributed by atoms with Crippen LogP contribution >= 0.6 is 0 Å². The van der Waals surface area contributed by atoms with Gasteiger partial charge in [-0.1, -0.05) is 33.6 Å². The lowest BCUT2D eigenvalue weighted by Crippen LogP contribution is -2.48. The number of hydrogen-bond acceptors (Lipinski definition) is 2. The molecule has 1 fully saturated rings. The van der Waals surface area contributed by atoms with Crippen LogP contribution in [0.3, 0.4) is 0 Å². The maximum atomic E-state index is 12.3. The van der Waals surface area contributed by atoms with Gasteiger partial charge in [0, 0.05) is 12.0 Å².